The van der Waals surface area contributed by atoms with E-state index in [1.807, 2.05) is 28.1 Å². The Morgan fingerprint density at radius 1 is 1.23 bits per heavy atom. The molecule has 7 heteroatoms. The SMILES string of the molecule is CCCCC(COC(=O)C=CC(=O)[O-])=[P+]([O-])CC[N+](C)(C)C. The molecular weight excluding hydrogens is 305 g/mol. The van der Waals surface area contributed by atoms with Crippen LogP contribution in [0, 0.1) is 0 Å². The largest absolute Gasteiger partial charge is 0.630 e. The van der Waals surface area contributed by atoms with Crippen LogP contribution >= 0.6 is 7.77 Å². The lowest BCUT2D eigenvalue weighted by Gasteiger charge is -2.22. The molecule has 126 valence electrons. The predicted molar refractivity (Wildman–Crippen MR) is 84.3 cm³/mol. The summed E-state index contributed by atoms with van der Waals surface area (Å²) in [6.45, 7) is 2.78. The van der Waals surface area contributed by atoms with Crippen LogP contribution in [0.2, 0.25) is 0 Å². The van der Waals surface area contributed by atoms with Gasteiger partial charge in [0, 0.05) is 12.5 Å². The van der Waals surface area contributed by atoms with Crippen LogP contribution in [0.4, 0.5) is 0 Å². The van der Waals surface area contributed by atoms with Crippen molar-refractivity contribution in [3.8, 4) is 0 Å². The summed E-state index contributed by atoms with van der Waals surface area (Å²) in [6, 6.07) is 0. The first-order valence-electron chi connectivity index (χ1n) is 7.31. The fraction of sp³-hybridized carbons (Fsp3) is 0.667. The Morgan fingerprint density at radius 2 is 1.86 bits per heavy atom. The summed E-state index contributed by atoms with van der Waals surface area (Å²) in [6.07, 6.45) is 4.45. The minimum absolute atomic E-state index is 0.0252. The number of ether oxygens (including phenoxy) is 1. The zero-order valence-corrected chi connectivity index (χ0v) is 14.7. The van der Waals surface area contributed by atoms with Crippen molar-refractivity contribution >= 4 is 25.0 Å². The van der Waals surface area contributed by atoms with Gasteiger partial charge >= 0.3 is 5.97 Å². The van der Waals surface area contributed by atoms with Gasteiger partial charge in [0.25, 0.3) is 0 Å². The lowest BCUT2D eigenvalue weighted by Crippen LogP contribution is -2.37. The van der Waals surface area contributed by atoms with Crippen molar-refractivity contribution in [3.05, 3.63) is 12.2 Å². The summed E-state index contributed by atoms with van der Waals surface area (Å²) in [7, 11) is 4.53. The second-order valence-electron chi connectivity index (χ2n) is 6.05. The second-order valence-corrected chi connectivity index (χ2v) is 7.88. The maximum atomic E-state index is 12.4. The van der Waals surface area contributed by atoms with Crippen LogP contribution in [0.5, 0.6) is 0 Å². The van der Waals surface area contributed by atoms with Crippen molar-refractivity contribution in [1.82, 2.24) is 0 Å². The van der Waals surface area contributed by atoms with E-state index in [1.54, 1.807) is 0 Å². The van der Waals surface area contributed by atoms with Crippen LogP contribution in [0.15, 0.2) is 12.2 Å². The van der Waals surface area contributed by atoms with Gasteiger partial charge in [-0.25, -0.2) is 4.79 Å². The molecule has 0 aromatic heterocycles. The Hall–Kier alpha value is -1.23. The molecule has 0 aliphatic rings. The van der Waals surface area contributed by atoms with E-state index < -0.39 is 19.7 Å². The Kier molecular flexibility index (Phi) is 9.90. The second kappa shape index (κ2) is 10.5. The van der Waals surface area contributed by atoms with Gasteiger partial charge in [0.15, 0.2) is 12.8 Å². The molecule has 0 aromatic rings. The highest BCUT2D eigenvalue weighted by Crippen LogP contribution is 2.18. The van der Waals surface area contributed by atoms with Crippen LogP contribution in [0.25, 0.3) is 0 Å². The first-order valence-corrected chi connectivity index (χ1v) is 8.76. The normalized spacial score (nSPS) is 13.1. The molecule has 0 spiro atoms. The van der Waals surface area contributed by atoms with Gasteiger partial charge in [0.05, 0.1) is 34.9 Å². The van der Waals surface area contributed by atoms with Gasteiger partial charge in [-0.1, -0.05) is 13.3 Å². The molecule has 0 bridgehead atoms. The summed E-state index contributed by atoms with van der Waals surface area (Å²) in [5.74, 6) is -2.23. The number of carbonyl (C=O) groups is 2. The molecule has 0 rings (SSSR count). The van der Waals surface area contributed by atoms with Gasteiger partial charge in [-0.05, 0) is 12.5 Å². The molecule has 0 saturated heterocycles. The van der Waals surface area contributed by atoms with Gasteiger partial charge in [0.1, 0.15) is 11.8 Å². The number of nitrogens with zero attached hydrogens (tertiary/aromatic N) is 1. The lowest BCUT2D eigenvalue weighted by molar-refractivity contribution is -0.867. The van der Waals surface area contributed by atoms with E-state index in [0.717, 1.165) is 35.2 Å². The van der Waals surface area contributed by atoms with Crippen molar-refractivity contribution in [3.63, 3.8) is 0 Å². The van der Waals surface area contributed by atoms with E-state index in [4.69, 9.17) is 4.74 Å². The Balaban J connectivity index is 4.68. The Bertz CT molecular complexity index is 438. The third kappa shape index (κ3) is 11.4. The van der Waals surface area contributed by atoms with Gasteiger partial charge in [0.2, 0.25) is 0 Å². The number of carboxylic acid groups (broad SMARTS) is 1. The van der Waals surface area contributed by atoms with Crippen molar-refractivity contribution in [2.45, 2.75) is 26.2 Å². The van der Waals surface area contributed by atoms with Gasteiger partial charge in [-0.3, -0.25) is 0 Å². The first kappa shape index (κ1) is 20.8. The van der Waals surface area contributed by atoms with E-state index in [1.165, 1.54) is 0 Å². The number of carboxylic acids is 1. The monoisotopic (exact) mass is 331 g/mol. The third-order valence-electron chi connectivity index (χ3n) is 2.88. The molecule has 0 N–H and O–H groups in total. The first-order chi connectivity index (χ1) is 10.2. The Labute approximate surface area is 133 Å². The van der Waals surface area contributed by atoms with Crippen molar-refractivity contribution < 1.29 is 28.8 Å². The van der Waals surface area contributed by atoms with Crippen LogP contribution in [0.1, 0.15) is 26.2 Å². The fourth-order valence-electron chi connectivity index (χ4n) is 1.54. The molecule has 0 aliphatic heterocycles. The van der Waals surface area contributed by atoms with Crippen LogP contribution in [-0.4, -0.2) is 62.2 Å². The minimum atomic E-state index is -1.55. The van der Waals surface area contributed by atoms with Gasteiger partial charge in [-0.2, -0.15) is 0 Å². The van der Waals surface area contributed by atoms with Gasteiger partial charge in [-0.15, -0.1) is 0 Å². The molecule has 1 unspecified atom stereocenters. The van der Waals surface area contributed by atoms with Crippen molar-refractivity contribution in [1.29, 1.82) is 0 Å². The number of hydrogen-bond donors (Lipinski definition) is 0. The quantitative estimate of drug-likeness (QED) is 0.236. The van der Waals surface area contributed by atoms with Crippen molar-refractivity contribution in [2.24, 2.45) is 0 Å². The number of esters is 1. The number of rotatable bonds is 10. The van der Waals surface area contributed by atoms with Crippen molar-refractivity contribution in [2.75, 3.05) is 40.5 Å². The average Bonchev–Trinajstić information content (AvgIpc) is 2.41. The fourth-order valence-corrected chi connectivity index (χ4v) is 3.25. The molecule has 6 nitrogen and oxygen atoms in total. The summed E-state index contributed by atoms with van der Waals surface area (Å²) in [4.78, 5) is 33.9. The zero-order valence-electron chi connectivity index (χ0n) is 13.8. The summed E-state index contributed by atoms with van der Waals surface area (Å²) >= 11 is 0. The van der Waals surface area contributed by atoms with E-state index in [2.05, 4.69) is 0 Å². The molecule has 1 atom stereocenters. The van der Waals surface area contributed by atoms with Crippen LogP contribution in [0.3, 0.4) is 0 Å². The molecule has 0 saturated carbocycles. The minimum Gasteiger partial charge on any atom is -0.630 e. The molecule has 0 aliphatic carbocycles. The average molecular weight is 331 g/mol. The van der Waals surface area contributed by atoms with E-state index in [0.29, 0.717) is 18.7 Å². The van der Waals surface area contributed by atoms with Crippen LogP contribution < -0.4 is 10.00 Å². The highest BCUT2D eigenvalue weighted by molar-refractivity contribution is 7.51. The van der Waals surface area contributed by atoms with Crippen LogP contribution in [-0.2, 0) is 14.3 Å². The van der Waals surface area contributed by atoms with E-state index >= 15 is 0 Å². The molecule has 22 heavy (non-hydrogen) atoms. The number of carbonyl (C=O) groups excluding carboxylic acids is 2. The lowest BCUT2D eigenvalue weighted by atomic mass is 10.2. The smallest absolute Gasteiger partial charge is 0.331 e. The highest BCUT2D eigenvalue weighted by atomic mass is 31.1. The number of aliphatic carboxylic acids is 1. The maximum absolute atomic E-state index is 12.4. The number of unbranched alkanes of at least 4 members (excludes halogenated alkanes) is 1. The summed E-state index contributed by atoms with van der Waals surface area (Å²) in [5, 5.41) is 10.9. The Morgan fingerprint density at radius 3 is 2.36 bits per heavy atom. The standard InChI is InChI=1S/C15H26NO5P/c1-5-6-7-13(22(20)11-10-16(2,3)4)12-21-15(19)9-8-14(17)18/h8-9H,5-7,10-12H2,1-4H3. The number of quaternary nitrogens is 1. The summed E-state index contributed by atoms with van der Waals surface area (Å²) < 4.78 is 5.68. The highest BCUT2D eigenvalue weighted by Gasteiger charge is 2.16. The van der Waals surface area contributed by atoms with E-state index in [-0.39, 0.29) is 6.61 Å². The maximum Gasteiger partial charge on any atom is 0.331 e. The zero-order chi connectivity index (χ0) is 17.2. The molecule has 0 amide bonds. The third-order valence-corrected chi connectivity index (χ3v) is 4.55. The number of hydrogen-bond acceptors (Lipinski definition) is 5. The topological polar surface area (TPSA) is 89.5 Å². The van der Waals surface area contributed by atoms with Gasteiger partial charge < -0.3 is 24.0 Å². The predicted octanol–water partition coefficient (Wildman–Crippen LogP) is -0.338. The molecule has 0 heterocycles. The molecular formula is C15H26NO5P. The molecule has 0 fully saturated rings. The van der Waals surface area contributed by atoms with E-state index in [9.17, 15) is 19.6 Å². The molecule has 0 aromatic carbocycles. The molecule has 0 radical (unpaired) electrons. The summed E-state index contributed by atoms with van der Waals surface area (Å²) in [5.41, 5.74) is 0.